The van der Waals surface area contributed by atoms with E-state index in [1.165, 1.54) is 6.42 Å². The Morgan fingerprint density at radius 1 is 1.56 bits per heavy atom. The summed E-state index contributed by atoms with van der Waals surface area (Å²) >= 11 is 0. The highest BCUT2D eigenvalue weighted by molar-refractivity contribution is 5.78. The Balaban J connectivity index is 2.29. The molecule has 4 heteroatoms. The Morgan fingerprint density at radius 2 is 2.25 bits per heavy atom. The molecular formula is C12H25N3O. The van der Waals surface area contributed by atoms with Crippen LogP contribution in [0.4, 0.5) is 0 Å². The first-order chi connectivity index (χ1) is 7.41. The Kier molecular flexibility index (Phi) is 4.74. The predicted octanol–water partition coefficient (Wildman–Crippen LogP) is 0.442. The number of likely N-dealkylation sites (N-methyl/N-ethyl adjacent to an activating group) is 1. The van der Waals surface area contributed by atoms with Crippen molar-refractivity contribution in [1.29, 1.82) is 0 Å². The molecule has 0 aromatic heterocycles. The maximum Gasteiger partial charge on any atom is 0.234 e. The van der Waals surface area contributed by atoms with E-state index >= 15 is 0 Å². The summed E-state index contributed by atoms with van der Waals surface area (Å²) in [4.78, 5) is 13.7. The number of nitrogens with one attached hydrogen (secondary N) is 2. The van der Waals surface area contributed by atoms with Gasteiger partial charge in [0.2, 0.25) is 5.91 Å². The first kappa shape index (κ1) is 13.5. The molecule has 1 rings (SSSR count). The normalized spacial score (nSPS) is 25.4. The lowest BCUT2D eigenvalue weighted by Crippen LogP contribution is -2.42. The van der Waals surface area contributed by atoms with E-state index in [4.69, 9.17) is 0 Å². The third-order valence-electron chi connectivity index (χ3n) is 2.97. The Morgan fingerprint density at radius 3 is 2.75 bits per heavy atom. The molecule has 1 heterocycles. The van der Waals surface area contributed by atoms with Crippen LogP contribution in [0.2, 0.25) is 0 Å². The standard InChI is InChI=1S/C12H25N3O/c1-10(2)14-11(16)7-15(4)9-12(3)5-6-13-8-12/h10,13H,5-9H2,1-4H3,(H,14,16). The van der Waals surface area contributed by atoms with Gasteiger partial charge in [-0.3, -0.25) is 9.69 Å². The molecule has 1 aliphatic rings. The molecule has 4 nitrogen and oxygen atoms in total. The molecule has 94 valence electrons. The molecule has 0 spiro atoms. The van der Waals surface area contributed by atoms with E-state index in [1.54, 1.807) is 0 Å². The van der Waals surface area contributed by atoms with Crippen molar-refractivity contribution < 1.29 is 4.79 Å². The quantitative estimate of drug-likeness (QED) is 0.716. The highest BCUT2D eigenvalue weighted by Crippen LogP contribution is 2.24. The summed E-state index contributed by atoms with van der Waals surface area (Å²) in [5.41, 5.74) is 0.326. The van der Waals surface area contributed by atoms with Crippen LogP contribution in [0.15, 0.2) is 0 Å². The maximum absolute atomic E-state index is 11.6. The molecule has 1 amide bonds. The van der Waals surface area contributed by atoms with Crippen LogP contribution < -0.4 is 10.6 Å². The van der Waals surface area contributed by atoms with E-state index in [-0.39, 0.29) is 11.9 Å². The van der Waals surface area contributed by atoms with Gasteiger partial charge in [-0.1, -0.05) is 6.92 Å². The number of carbonyl (C=O) groups excluding carboxylic acids is 1. The molecule has 1 aliphatic heterocycles. The van der Waals surface area contributed by atoms with Crippen molar-refractivity contribution in [1.82, 2.24) is 15.5 Å². The molecule has 0 radical (unpaired) electrons. The zero-order valence-corrected chi connectivity index (χ0v) is 11.0. The smallest absolute Gasteiger partial charge is 0.234 e. The van der Waals surface area contributed by atoms with Gasteiger partial charge in [-0.2, -0.15) is 0 Å². The molecule has 0 bridgehead atoms. The van der Waals surface area contributed by atoms with E-state index in [0.29, 0.717) is 12.0 Å². The summed E-state index contributed by atoms with van der Waals surface area (Å²) in [6.07, 6.45) is 1.20. The third kappa shape index (κ3) is 4.49. The minimum absolute atomic E-state index is 0.118. The second kappa shape index (κ2) is 5.64. The molecule has 1 fully saturated rings. The van der Waals surface area contributed by atoms with Gasteiger partial charge in [-0.25, -0.2) is 0 Å². The first-order valence-corrected chi connectivity index (χ1v) is 6.10. The van der Waals surface area contributed by atoms with Crippen LogP contribution in [0.25, 0.3) is 0 Å². The van der Waals surface area contributed by atoms with Gasteiger partial charge in [0, 0.05) is 19.1 Å². The van der Waals surface area contributed by atoms with E-state index in [0.717, 1.165) is 19.6 Å². The molecule has 1 unspecified atom stereocenters. The average molecular weight is 227 g/mol. The first-order valence-electron chi connectivity index (χ1n) is 6.10. The SMILES string of the molecule is CC(C)NC(=O)CN(C)CC1(C)CCNC1. The summed E-state index contributed by atoms with van der Waals surface area (Å²) in [5, 5.41) is 6.29. The largest absolute Gasteiger partial charge is 0.353 e. The van der Waals surface area contributed by atoms with Gasteiger partial charge >= 0.3 is 0 Å². The van der Waals surface area contributed by atoms with Gasteiger partial charge in [-0.05, 0) is 39.3 Å². The lowest BCUT2D eigenvalue weighted by Gasteiger charge is -2.28. The number of hydrogen-bond donors (Lipinski definition) is 2. The molecule has 1 saturated heterocycles. The highest BCUT2D eigenvalue weighted by Gasteiger charge is 2.29. The average Bonchev–Trinajstić information content (AvgIpc) is 2.48. The van der Waals surface area contributed by atoms with Crippen molar-refractivity contribution in [3.05, 3.63) is 0 Å². The van der Waals surface area contributed by atoms with Crippen LogP contribution in [-0.4, -0.2) is 50.1 Å². The molecular weight excluding hydrogens is 202 g/mol. The fourth-order valence-electron chi connectivity index (χ4n) is 2.32. The van der Waals surface area contributed by atoms with E-state index in [2.05, 4.69) is 22.5 Å². The molecule has 0 aromatic carbocycles. The third-order valence-corrected chi connectivity index (χ3v) is 2.97. The number of rotatable bonds is 5. The summed E-state index contributed by atoms with van der Waals surface area (Å²) < 4.78 is 0. The summed E-state index contributed by atoms with van der Waals surface area (Å²) in [6, 6.07) is 0.227. The zero-order chi connectivity index (χ0) is 12.2. The van der Waals surface area contributed by atoms with Gasteiger partial charge in [0.05, 0.1) is 6.54 Å². The van der Waals surface area contributed by atoms with Crippen molar-refractivity contribution >= 4 is 5.91 Å². The van der Waals surface area contributed by atoms with E-state index in [9.17, 15) is 4.79 Å². The number of carbonyl (C=O) groups is 1. The van der Waals surface area contributed by atoms with E-state index < -0.39 is 0 Å². The number of nitrogens with zero attached hydrogens (tertiary/aromatic N) is 1. The number of hydrogen-bond acceptors (Lipinski definition) is 3. The Bertz CT molecular complexity index is 234. The van der Waals surface area contributed by atoms with E-state index in [1.807, 2.05) is 20.9 Å². The van der Waals surface area contributed by atoms with Crippen LogP contribution in [0.3, 0.4) is 0 Å². The summed E-state index contributed by atoms with van der Waals surface area (Å²) in [6.45, 7) is 9.88. The Hall–Kier alpha value is -0.610. The lowest BCUT2D eigenvalue weighted by molar-refractivity contribution is -0.122. The van der Waals surface area contributed by atoms with Crippen molar-refractivity contribution in [2.75, 3.05) is 33.2 Å². The van der Waals surface area contributed by atoms with Crippen LogP contribution in [-0.2, 0) is 4.79 Å². The highest BCUT2D eigenvalue weighted by atomic mass is 16.2. The van der Waals surface area contributed by atoms with Gasteiger partial charge in [-0.15, -0.1) is 0 Å². The minimum atomic E-state index is 0.118. The van der Waals surface area contributed by atoms with Crippen molar-refractivity contribution in [2.24, 2.45) is 5.41 Å². The fraction of sp³-hybridized carbons (Fsp3) is 0.917. The van der Waals surface area contributed by atoms with Crippen molar-refractivity contribution in [2.45, 2.75) is 33.2 Å². The van der Waals surface area contributed by atoms with Crippen molar-refractivity contribution in [3.8, 4) is 0 Å². The summed E-state index contributed by atoms with van der Waals surface area (Å²) in [7, 11) is 2.02. The topological polar surface area (TPSA) is 44.4 Å². The number of amides is 1. The van der Waals surface area contributed by atoms with Gasteiger partial charge in [0.1, 0.15) is 0 Å². The molecule has 16 heavy (non-hydrogen) atoms. The predicted molar refractivity (Wildman–Crippen MR) is 66.4 cm³/mol. The monoisotopic (exact) mass is 227 g/mol. The summed E-state index contributed by atoms with van der Waals surface area (Å²) in [5.74, 6) is 0.118. The van der Waals surface area contributed by atoms with Gasteiger partial charge < -0.3 is 10.6 Å². The molecule has 0 aromatic rings. The second-order valence-corrected chi connectivity index (χ2v) is 5.63. The zero-order valence-electron chi connectivity index (χ0n) is 11.0. The van der Waals surface area contributed by atoms with Crippen LogP contribution in [0, 0.1) is 5.41 Å². The molecule has 0 saturated carbocycles. The van der Waals surface area contributed by atoms with Crippen LogP contribution in [0.1, 0.15) is 27.2 Å². The second-order valence-electron chi connectivity index (χ2n) is 5.63. The fourth-order valence-corrected chi connectivity index (χ4v) is 2.32. The Labute approximate surface area is 98.8 Å². The minimum Gasteiger partial charge on any atom is -0.353 e. The molecule has 2 N–H and O–H groups in total. The van der Waals surface area contributed by atoms with Crippen LogP contribution >= 0.6 is 0 Å². The molecule has 0 aliphatic carbocycles. The van der Waals surface area contributed by atoms with Crippen LogP contribution in [0.5, 0.6) is 0 Å². The van der Waals surface area contributed by atoms with Gasteiger partial charge in [0.25, 0.3) is 0 Å². The van der Waals surface area contributed by atoms with Gasteiger partial charge in [0.15, 0.2) is 0 Å². The van der Waals surface area contributed by atoms with Crippen molar-refractivity contribution in [3.63, 3.8) is 0 Å². The molecule has 1 atom stereocenters. The lowest BCUT2D eigenvalue weighted by atomic mass is 9.89. The maximum atomic E-state index is 11.6.